The minimum absolute atomic E-state index is 0.0401. The van der Waals surface area contributed by atoms with Crippen molar-refractivity contribution in [3.05, 3.63) is 16.0 Å². The molecule has 2 aliphatic heterocycles. The van der Waals surface area contributed by atoms with E-state index < -0.39 is 0 Å². The molecule has 1 fully saturated rings. The molecule has 4 nitrogen and oxygen atoms in total. The first-order valence-electron chi connectivity index (χ1n) is 4.87. The molecule has 3 rings (SSSR count). The molecule has 5 heteroatoms. The summed E-state index contributed by atoms with van der Waals surface area (Å²) in [5.41, 5.74) is 2.59. The van der Waals surface area contributed by atoms with Gasteiger partial charge in [0.25, 0.3) is 0 Å². The van der Waals surface area contributed by atoms with Crippen molar-refractivity contribution in [2.75, 3.05) is 6.54 Å². The van der Waals surface area contributed by atoms with Crippen LogP contribution in [0.15, 0.2) is 4.99 Å². The Kier molecular flexibility index (Phi) is 1.68. The zero-order valence-electron chi connectivity index (χ0n) is 8.63. The summed E-state index contributed by atoms with van der Waals surface area (Å²) in [4.78, 5) is 19.0. The second-order valence-electron chi connectivity index (χ2n) is 3.91. The van der Waals surface area contributed by atoms with Gasteiger partial charge in [0.1, 0.15) is 11.5 Å². The van der Waals surface area contributed by atoms with E-state index in [9.17, 15) is 4.79 Å². The third-order valence-corrected chi connectivity index (χ3v) is 4.07. The third kappa shape index (κ3) is 1.19. The molecule has 1 aromatic rings. The number of rotatable bonds is 0. The van der Waals surface area contributed by atoms with Crippen molar-refractivity contribution in [1.29, 1.82) is 0 Å². The number of thiophene rings is 1. The molecule has 3 heterocycles. The van der Waals surface area contributed by atoms with Crippen molar-refractivity contribution in [2.24, 2.45) is 4.99 Å². The number of amides is 1. The second kappa shape index (κ2) is 2.82. The summed E-state index contributed by atoms with van der Waals surface area (Å²) in [5.74, 6) is 0.757. The number of nitrogens with one attached hydrogen (secondary N) is 1. The minimum Gasteiger partial charge on any atom is -0.329 e. The van der Waals surface area contributed by atoms with Crippen LogP contribution in [0.25, 0.3) is 0 Å². The Morgan fingerprint density at radius 1 is 1.40 bits per heavy atom. The smallest absolute Gasteiger partial charge is 0.246 e. The van der Waals surface area contributed by atoms with E-state index in [0.717, 1.165) is 11.5 Å². The van der Waals surface area contributed by atoms with Crippen LogP contribution in [0.1, 0.15) is 16.0 Å². The molecule has 2 aliphatic rings. The van der Waals surface area contributed by atoms with Crippen LogP contribution >= 0.6 is 11.3 Å². The van der Waals surface area contributed by atoms with Crippen molar-refractivity contribution < 1.29 is 4.79 Å². The van der Waals surface area contributed by atoms with Gasteiger partial charge >= 0.3 is 0 Å². The van der Waals surface area contributed by atoms with Crippen LogP contribution in [-0.2, 0) is 11.3 Å². The Labute approximate surface area is 91.6 Å². The third-order valence-electron chi connectivity index (χ3n) is 2.93. The van der Waals surface area contributed by atoms with Crippen molar-refractivity contribution in [2.45, 2.75) is 20.4 Å². The highest BCUT2D eigenvalue weighted by molar-refractivity contribution is 7.16. The van der Waals surface area contributed by atoms with Crippen molar-refractivity contribution in [3.63, 3.8) is 0 Å². The van der Waals surface area contributed by atoms with Gasteiger partial charge in [-0.1, -0.05) is 0 Å². The Hall–Kier alpha value is -1.36. The van der Waals surface area contributed by atoms with E-state index in [1.807, 2.05) is 4.90 Å². The van der Waals surface area contributed by atoms with Gasteiger partial charge in [-0.15, -0.1) is 11.3 Å². The number of nitrogens with zero attached hydrogens (tertiary/aromatic N) is 2. The summed E-state index contributed by atoms with van der Waals surface area (Å²) in [6.45, 7) is 5.48. The lowest BCUT2D eigenvalue weighted by Crippen LogP contribution is -2.31. The van der Waals surface area contributed by atoms with Crippen LogP contribution < -0.4 is 5.32 Å². The lowest BCUT2D eigenvalue weighted by atomic mass is 10.1. The maximum absolute atomic E-state index is 11.2. The van der Waals surface area contributed by atoms with E-state index >= 15 is 0 Å². The van der Waals surface area contributed by atoms with Gasteiger partial charge in [-0.3, -0.25) is 10.1 Å². The number of aryl methyl sites for hydroxylation is 1. The molecular formula is C10H11N3OS. The molecule has 0 aliphatic carbocycles. The molecule has 0 atom stereocenters. The lowest BCUT2D eigenvalue weighted by molar-refractivity contribution is -0.118. The van der Waals surface area contributed by atoms with Gasteiger partial charge in [0.15, 0.2) is 0 Å². The van der Waals surface area contributed by atoms with Crippen LogP contribution in [-0.4, -0.2) is 23.3 Å². The average Bonchev–Trinajstić information content (AvgIpc) is 2.65. The van der Waals surface area contributed by atoms with Gasteiger partial charge in [-0.05, 0) is 19.4 Å². The molecule has 1 aromatic heterocycles. The summed E-state index contributed by atoms with van der Waals surface area (Å²) < 4.78 is 0. The topological polar surface area (TPSA) is 44.7 Å². The molecule has 0 radical (unpaired) electrons. The van der Waals surface area contributed by atoms with Crippen LogP contribution in [0.3, 0.4) is 0 Å². The number of carbonyl (C=O) groups is 1. The van der Waals surface area contributed by atoms with E-state index in [2.05, 4.69) is 24.2 Å². The number of aliphatic imine (C=N–C) groups is 1. The van der Waals surface area contributed by atoms with E-state index in [-0.39, 0.29) is 5.91 Å². The van der Waals surface area contributed by atoms with E-state index in [4.69, 9.17) is 0 Å². The quantitative estimate of drug-likeness (QED) is 0.717. The zero-order valence-corrected chi connectivity index (χ0v) is 9.44. The number of fused-ring (bicyclic) bond motifs is 2. The number of hydrogen-bond donors (Lipinski definition) is 1. The SMILES string of the molecule is Cc1sc2c(c1C)CN1CC(=O)NC1=N2. The van der Waals surface area contributed by atoms with E-state index in [1.165, 1.54) is 16.0 Å². The molecule has 1 saturated heterocycles. The van der Waals surface area contributed by atoms with Gasteiger partial charge in [0.05, 0.1) is 0 Å². The van der Waals surface area contributed by atoms with Crippen molar-refractivity contribution in [1.82, 2.24) is 10.2 Å². The highest BCUT2D eigenvalue weighted by Gasteiger charge is 2.30. The Bertz CT molecular complexity index is 489. The van der Waals surface area contributed by atoms with Gasteiger partial charge in [0, 0.05) is 17.0 Å². The highest BCUT2D eigenvalue weighted by atomic mass is 32.1. The molecular weight excluding hydrogens is 210 g/mol. The monoisotopic (exact) mass is 221 g/mol. The van der Waals surface area contributed by atoms with Gasteiger partial charge in [-0.25, -0.2) is 4.99 Å². The maximum Gasteiger partial charge on any atom is 0.246 e. The van der Waals surface area contributed by atoms with E-state index in [0.29, 0.717) is 12.5 Å². The molecule has 0 spiro atoms. The molecule has 1 amide bonds. The average molecular weight is 221 g/mol. The van der Waals surface area contributed by atoms with Crippen molar-refractivity contribution >= 4 is 28.2 Å². The Morgan fingerprint density at radius 2 is 2.20 bits per heavy atom. The fourth-order valence-electron chi connectivity index (χ4n) is 1.94. The number of hydrogen-bond acceptors (Lipinski definition) is 4. The first-order chi connectivity index (χ1) is 7.15. The maximum atomic E-state index is 11.2. The summed E-state index contributed by atoms with van der Waals surface area (Å²) >= 11 is 1.70. The molecule has 0 saturated carbocycles. The molecule has 78 valence electrons. The van der Waals surface area contributed by atoms with Crippen LogP contribution in [0.5, 0.6) is 0 Å². The van der Waals surface area contributed by atoms with Gasteiger partial charge in [-0.2, -0.15) is 0 Å². The first-order valence-corrected chi connectivity index (χ1v) is 5.69. The summed E-state index contributed by atoms with van der Waals surface area (Å²) in [6.07, 6.45) is 0. The summed E-state index contributed by atoms with van der Waals surface area (Å²) in [6, 6.07) is 0. The largest absolute Gasteiger partial charge is 0.329 e. The van der Waals surface area contributed by atoms with Crippen molar-refractivity contribution in [3.8, 4) is 0 Å². The Balaban J connectivity index is 2.10. The van der Waals surface area contributed by atoms with Gasteiger partial charge < -0.3 is 4.90 Å². The molecule has 0 bridgehead atoms. The minimum atomic E-state index is 0.0401. The van der Waals surface area contributed by atoms with Crippen LogP contribution in [0.4, 0.5) is 5.00 Å². The second-order valence-corrected chi connectivity index (χ2v) is 5.11. The predicted octanol–water partition coefficient (Wildman–Crippen LogP) is 1.30. The number of carbonyl (C=O) groups excluding carboxylic acids is 1. The highest BCUT2D eigenvalue weighted by Crippen LogP contribution is 2.38. The van der Waals surface area contributed by atoms with Gasteiger partial charge in [0.2, 0.25) is 11.9 Å². The molecule has 0 unspecified atom stereocenters. The summed E-state index contributed by atoms with van der Waals surface area (Å²) in [5, 5.41) is 3.82. The number of guanidine groups is 1. The predicted molar refractivity (Wildman–Crippen MR) is 59.4 cm³/mol. The van der Waals surface area contributed by atoms with Crippen LogP contribution in [0, 0.1) is 13.8 Å². The Morgan fingerprint density at radius 3 is 3.00 bits per heavy atom. The first kappa shape index (κ1) is 8.91. The molecule has 0 aromatic carbocycles. The molecule has 1 N–H and O–H groups in total. The normalized spacial score (nSPS) is 18.4. The fraction of sp³-hybridized carbons (Fsp3) is 0.400. The van der Waals surface area contributed by atoms with Crippen LogP contribution in [0.2, 0.25) is 0 Å². The lowest BCUT2D eigenvalue weighted by Gasteiger charge is -2.20. The zero-order chi connectivity index (χ0) is 10.6. The van der Waals surface area contributed by atoms with E-state index in [1.54, 1.807) is 11.3 Å². The summed E-state index contributed by atoms with van der Waals surface area (Å²) in [7, 11) is 0. The standard InChI is InChI=1S/C10H11N3OS/c1-5-6(2)15-9-7(5)3-13-4-8(14)11-10(13)12-9/h3-4H2,1-2H3,(H,11,12,14). The fourth-order valence-corrected chi connectivity index (χ4v) is 2.98. The molecule has 15 heavy (non-hydrogen) atoms.